The Hall–Kier alpha value is -0.373. The van der Waals surface area contributed by atoms with Crippen LogP contribution in [-0.2, 0) is 4.79 Å². The van der Waals surface area contributed by atoms with Gasteiger partial charge in [0.25, 0.3) is 0 Å². The highest BCUT2D eigenvalue weighted by atomic mass is 28.3. The van der Waals surface area contributed by atoms with E-state index in [0.717, 1.165) is 0 Å². The van der Waals surface area contributed by atoms with Crippen molar-refractivity contribution >= 4 is 13.9 Å². The molecule has 0 bridgehead atoms. The first-order valence-electron chi connectivity index (χ1n) is 5.39. The summed E-state index contributed by atoms with van der Waals surface area (Å²) in [7, 11) is -1.28. The van der Waals surface area contributed by atoms with Crippen LogP contribution in [0.3, 0.4) is 0 Å². The number of hydrogen-bond donors (Lipinski definition) is 0. The van der Waals surface area contributed by atoms with Gasteiger partial charge in [0, 0.05) is 12.0 Å². The van der Waals surface area contributed by atoms with Crippen LogP contribution in [0.4, 0.5) is 0 Å². The Morgan fingerprint density at radius 2 is 1.85 bits per heavy atom. The van der Waals surface area contributed by atoms with Crippen LogP contribution >= 0.6 is 0 Å². The zero-order valence-electron chi connectivity index (χ0n) is 8.97. The summed E-state index contributed by atoms with van der Waals surface area (Å²) in [5.74, 6) is 0.484. The number of ketones is 1. The summed E-state index contributed by atoms with van der Waals surface area (Å²) in [4.78, 5) is 11.7. The minimum absolute atomic E-state index is 0.340. The topological polar surface area (TPSA) is 17.1 Å². The number of allylic oxidation sites excluding steroid dienone is 2. The molecule has 0 radical (unpaired) electrons. The molecule has 0 heterocycles. The number of hydrogen-bond acceptors (Lipinski definition) is 1. The molecule has 0 aliphatic heterocycles. The van der Waals surface area contributed by atoms with Gasteiger partial charge in [-0.15, -0.1) is 0 Å². The van der Waals surface area contributed by atoms with Gasteiger partial charge in [0.15, 0.2) is 0 Å². The van der Waals surface area contributed by atoms with Crippen LogP contribution in [0.25, 0.3) is 0 Å². The summed E-state index contributed by atoms with van der Waals surface area (Å²) in [5, 5.41) is 0. The van der Waals surface area contributed by atoms with E-state index < -0.39 is 8.07 Å². The Bertz CT molecular complexity index is 208. The third-order valence-corrected chi connectivity index (χ3v) is 9.83. The Morgan fingerprint density at radius 3 is 2.15 bits per heavy atom. The van der Waals surface area contributed by atoms with Crippen LogP contribution in [0, 0.1) is 0 Å². The van der Waals surface area contributed by atoms with Gasteiger partial charge in [-0.05, 0) is 0 Å². The van der Waals surface area contributed by atoms with E-state index in [1.54, 1.807) is 0 Å². The van der Waals surface area contributed by atoms with E-state index in [4.69, 9.17) is 0 Å². The molecule has 1 aliphatic carbocycles. The fourth-order valence-electron chi connectivity index (χ4n) is 2.51. The van der Waals surface area contributed by atoms with E-state index in [1.165, 1.54) is 18.1 Å². The first kappa shape index (κ1) is 10.7. The molecule has 1 nitrogen and oxygen atoms in total. The molecule has 0 spiro atoms. The quantitative estimate of drug-likeness (QED) is 0.497. The molecule has 1 atom stereocenters. The molecule has 0 aromatic heterocycles. The lowest BCUT2D eigenvalue weighted by atomic mass is 10.3. The summed E-state index contributed by atoms with van der Waals surface area (Å²) in [6.07, 6.45) is 4.94. The van der Waals surface area contributed by atoms with Gasteiger partial charge in [-0.25, -0.2) is 0 Å². The standard InChI is InChI=1S/C11H20OSi/c1-4-13(5-2,6-3)11-9-7-8-10(11)12/h7,9,11H,4-6,8H2,1-3H3. The predicted molar refractivity (Wildman–Crippen MR) is 59.7 cm³/mol. The summed E-state index contributed by atoms with van der Waals surface area (Å²) >= 11 is 0. The molecule has 1 rings (SSSR count). The van der Waals surface area contributed by atoms with E-state index in [-0.39, 0.29) is 0 Å². The van der Waals surface area contributed by atoms with Gasteiger partial charge in [0.1, 0.15) is 5.78 Å². The SMILES string of the molecule is CC[Si](CC)(CC)C1C=CCC1=O. The molecule has 0 fully saturated rings. The van der Waals surface area contributed by atoms with Crippen molar-refractivity contribution in [3.05, 3.63) is 12.2 Å². The smallest absolute Gasteiger partial charge is 0.140 e. The van der Waals surface area contributed by atoms with Crippen LogP contribution in [0.1, 0.15) is 27.2 Å². The highest BCUT2D eigenvalue weighted by Gasteiger charge is 2.40. The lowest BCUT2D eigenvalue weighted by molar-refractivity contribution is -0.117. The van der Waals surface area contributed by atoms with Crippen molar-refractivity contribution in [2.75, 3.05) is 0 Å². The minimum atomic E-state index is -1.28. The van der Waals surface area contributed by atoms with Gasteiger partial charge < -0.3 is 0 Å². The lowest BCUT2D eigenvalue weighted by Crippen LogP contribution is -2.39. The van der Waals surface area contributed by atoms with Crippen LogP contribution in [0.5, 0.6) is 0 Å². The Morgan fingerprint density at radius 1 is 1.31 bits per heavy atom. The lowest BCUT2D eigenvalue weighted by Gasteiger charge is -2.32. The van der Waals surface area contributed by atoms with Gasteiger partial charge in [-0.1, -0.05) is 51.1 Å². The van der Waals surface area contributed by atoms with Crippen LogP contribution in [-0.4, -0.2) is 13.9 Å². The molecule has 0 aromatic rings. The van der Waals surface area contributed by atoms with Gasteiger partial charge in [-0.3, -0.25) is 4.79 Å². The molecule has 0 aromatic carbocycles. The van der Waals surface area contributed by atoms with E-state index >= 15 is 0 Å². The highest BCUT2D eigenvalue weighted by molar-refractivity contribution is 6.84. The fraction of sp³-hybridized carbons (Fsp3) is 0.727. The zero-order valence-corrected chi connectivity index (χ0v) is 9.97. The number of Topliss-reactive ketones (excluding diaryl/α,β-unsaturated/α-hetero) is 1. The van der Waals surface area contributed by atoms with Crippen molar-refractivity contribution in [3.8, 4) is 0 Å². The van der Waals surface area contributed by atoms with E-state index in [0.29, 0.717) is 17.7 Å². The largest absolute Gasteiger partial charge is 0.299 e. The van der Waals surface area contributed by atoms with E-state index in [9.17, 15) is 4.79 Å². The van der Waals surface area contributed by atoms with Crippen LogP contribution in [0.15, 0.2) is 12.2 Å². The molecule has 1 unspecified atom stereocenters. The molecule has 74 valence electrons. The van der Waals surface area contributed by atoms with Crippen LogP contribution in [0.2, 0.25) is 23.7 Å². The van der Waals surface area contributed by atoms with Gasteiger partial charge in [0.05, 0.1) is 8.07 Å². The van der Waals surface area contributed by atoms with E-state index in [1.807, 2.05) is 0 Å². The summed E-state index contributed by atoms with van der Waals surface area (Å²) in [5.41, 5.74) is 0.340. The van der Waals surface area contributed by atoms with Crippen molar-refractivity contribution in [1.29, 1.82) is 0 Å². The second-order valence-corrected chi connectivity index (χ2v) is 9.47. The first-order chi connectivity index (χ1) is 6.20. The Labute approximate surface area is 82.2 Å². The molecule has 0 N–H and O–H groups in total. The van der Waals surface area contributed by atoms with Gasteiger partial charge in [0.2, 0.25) is 0 Å². The van der Waals surface area contributed by atoms with Crippen molar-refractivity contribution in [2.24, 2.45) is 0 Å². The van der Waals surface area contributed by atoms with E-state index in [2.05, 4.69) is 32.9 Å². The molecule has 0 saturated heterocycles. The molecule has 0 saturated carbocycles. The first-order valence-corrected chi connectivity index (χ1v) is 8.09. The van der Waals surface area contributed by atoms with Crippen molar-refractivity contribution in [2.45, 2.75) is 50.9 Å². The molecule has 2 heteroatoms. The van der Waals surface area contributed by atoms with Crippen LogP contribution < -0.4 is 0 Å². The third-order valence-electron chi connectivity index (χ3n) is 3.77. The summed E-state index contributed by atoms with van der Waals surface area (Å²) in [6, 6.07) is 3.75. The Kier molecular flexibility index (Phi) is 3.48. The van der Waals surface area contributed by atoms with Gasteiger partial charge >= 0.3 is 0 Å². The number of carbonyl (C=O) groups is 1. The average molecular weight is 196 g/mol. The monoisotopic (exact) mass is 196 g/mol. The Balaban J connectivity index is 2.86. The maximum absolute atomic E-state index is 11.7. The fourth-order valence-corrected chi connectivity index (χ4v) is 6.67. The maximum atomic E-state index is 11.7. The second-order valence-electron chi connectivity index (χ2n) is 4.00. The van der Waals surface area contributed by atoms with Crippen molar-refractivity contribution in [3.63, 3.8) is 0 Å². The normalized spacial score (nSPS) is 22.7. The second kappa shape index (κ2) is 4.23. The highest BCUT2D eigenvalue weighted by Crippen LogP contribution is 2.38. The number of rotatable bonds is 4. The van der Waals surface area contributed by atoms with Crippen molar-refractivity contribution in [1.82, 2.24) is 0 Å². The zero-order chi connectivity index (χ0) is 9.90. The minimum Gasteiger partial charge on any atom is -0.299 e. The van der Waals surface area contributed by atoms with Crippen molar-refractivity contribution < 1.29 is 4.79 Å². The molecular formula is C11H20OSi. The average Bonchev–Trinajstić information content (AvgIpc) is 2.57. The molecule has 13 heavy (non-hydrogen) atoms. The predicted octanol–water partition coefficient (Wildman–Crippen LogP) is 3.39. The molecule has 0 amide bonds. The summed E-state index contributed by atoms with van der Waals surface area (Å²) < 4.78 is 0. The molecule has 1 aliphatic rings. The maximum Gasteiger partial charge on any atom is 0.140 e. The van der Waals surface area contributed by atoms with Gasteiger partial charge in [-0.2, -0.15) is 0 Å². The third kappa shape index (κ3) is 1.78. The molecular weight excluding hydrogens is 176 g/mol. The number of carbonyl (C=O) groups excluding carboxylic acids is 1. The summed E-state index contributed by atoms with van der Waals surface area (Å²) in [6.45, 7) is 6.79.